The highest BCUT2D eigenvalue weighted by Gasteiger charge is 2.19. The molecular formula is C8H15NO4. The Labute approximate surface area is 76.8 Å². The molecule has 0 saturated heterocycles. The van der Waals surface area contributed by atoms with Crippen molar-refractivity contribution in [2.45, 2.75) is 26.3 Å². The van der Waals surface area contributed by atoms with Crippen LogP contribution in [0.4, 0.5) is 0 Å². The summed E-state index contributed by atoms with van der Waals surface area (Å²) >= 11 is 0. The largest absolute Gasteiger partial charge is 0.481 e. The van der Waals surface area contributed by atoms with Crippen molar-refractivity contribution in [1.82, 2.24) is 5.32 Å². The Kier molecular flexibility index (Phi) is 5.06. The van der Waals surface area contributed by atoms with E-state index in [0.717, 1.165) is 0 Å². The fourth-order valence-corrected chi connectivity index (χ4v) is 0.799. The molecule has 5 heteroatoms. The molecule has 0 aromatic carbocycles. The molecule has 0 unspecified atom stereocenters. The van der Waals surface area contributed by atoms with Gasteiger partial charge in [0.25, 0.3) is 0 Å². The molecule has 0 heterocycles. The molecule has 0 aromatic heterocycles. The summed E-state index contributed by atoms with van der Waals surface area (Å²) in [6.07, 6.45) is -0.387. The van der Waals surface area contributed by atoms with Crippen LogP contribution in [0.3, 0.4) is 0 Å². The van der Waals surface area contributed by atoms with Crippen molar-refractivity contribution < 1.29 is 19.8 Å². The van der Waals surface area contributed by atoms with Crippen molar-refractivity contribution in [3.05, 3.63) is 0 Å². The van der Waals surface area contributed by atoms with Gasteiger partial charge in [-0.2, -0.15) is 0 Å². The Bertz CT molecular complexity index is 191. The molecule has 0 radical (unpaired) electrons. The van der Waals surface area contributed by atoms with E-state index in [2.05, 4.69) is 5.32 Å². The minimum atomic E-state index is -1.12. The summed E-state index contributed by atoms with van der Waals surface area (Å²) in [5.41, 5.74) is 0. The molecule has 5 nitrogen and oxygen atoms in total. The molecule has 0 aliphatic rings. The minimum Gasteiger partial charge on any atom is -0.481 e. The second-order valence-corrected chi connectivity index (χ2v) is 3.29. The van der Waals surface area contributed by atoms with Crippen LogP contribution in [0.2, 0.25) is 0 Å². The first-order chi connectivity index (χ1) is 5.93. The van der Waals surface area contributed by atoms with Crippen molar-refractivity contribution in [3.63, 3.8) is 0 Å². The highest BCUT2D eigenvalue weighted by molar-refractivity contribution is 5.80. The third-order valence-electron chi connectivity index (χ3n) is 1.45. The predicted octanol–water partition coefficient (Wildman–Crippen LogP) is 0.160. The SMILES string of the molecule is CC(C)CN[C@@H](CC(=O)O)C(=O)O. The van der Waals surface area contributed by atoms with Crippen LogP contribution >= 0.6 is 0 Å². The van der Waals surface area contributed by atoms with Crippen molar-refractivity contribution in [2.24, 2.45) is 5.92 Å². The molecule has 13 heavy (non-hydrogen) atoms. The fourth-order valence-electron chi connectivity index (χ4n) is 0.799. The van der Waals surface area contributed by atoms with Crippen LogP contribution in [-0.4, -0.2) is 34.7 Å². The van der Waals surface area contributed by atoms with E-state index < -0.39 is 18.0 Å². The third kappa shape index (κ3) is 6.10. The lowest BCUT2D eigenvalue weighted by Crippen LogP contribution is -2.40. The zero-order chi connectivity index (χ0) is 10.4. The average Bonchev–Trinajstić information content (AvgIpc) is 1.96. The Morgan fingerprint density at radius 2 is 1.85 bits per heavy atom. The molecule has 0 saturated carbocycles. The lowest BCUT2D eigenvalue weighted by Gasteiger charge is -2.13. The summed E-state index contributed by atoms with van der Waals surface area (Å²) in [5.74, 6) is -1.93. The van der Waals surface area contributed by atoms with Crippen LogP contribution < -0.4 is 5.32 Å². The van der Waals surface area contributed by atoms with Gasteiger partial charge in [-0.05, 0) is 12.5 Å². The molecule has 0 rings (SSSR count). The van der Waals surface area contributed by atoms with Gasteiger partial charge in [0.15, 0.2) is 0 Å². The van der Waals surface area contributed by atoms with E-state index in [9.17, 15) is 9.59 Å². The minimum absolute atomic E-state index is 0.302. The smallest absolute Gasteiger partial charge is 0.321 e. The van der Waals surface area contributed by atoms with E-state index in [0.29, 0.717) is 12.5 Å². The summed E-state index contributed by atoms with van der Waals surface area (Å²) in [5, 5.41) is 19.7. The zero-order valence-electron chi connectivity index (χ0n) is 7.78. The molecule has 1 atom stereocenters. The summed E-state index contributed by atoms with van der Waals surface area (Å²) in [4.78, 5) is 20.8. The summed E-state index contributed by atoms with van der Waals surface area (Å²) < 4.78 is 0. The van der Waals surface area contributed by atoms with Gasteiger partial charge in [0.2, 0.25) is 0 Å². The maximum atomic E-state index is 10.5. The fraction of sp³-hybridized carbons (Fsp3) is 0.750. The normalized spacial score (nSPS) is 12.8. The highest BCUT2D eigenvalue weighted by Crippen LogP contribution is 1.95. The van der Waals surface area contributed by atoms with E-state index in [4.69, 9.17) is 10.2 Å². The average molecular weight is 189 g/mol. The molecular weight excluding hydrogens is 174 g/mol. The van der Waals surface area contributed by atoms with Gasteiger partial charge in [0, 0.05) is 0 Å². The van der Waals surface area contributed by atoms with E-state index >= 15 is 0 Å². The highest BCUT2D eigenvalue weighted by atomic mass is 16.4. The molecule has 0 amide bonds. The third-order valence-corrected chi connectivity index (χ3v) is 1.45. The van der Waals surface area contributed by atoms with Crippen molar-refractivity contribution in [3.8, 4) is 0 Å². The Hall–Kier alpha value is -1.10. The van der Waals surface area contributed by atoms with Crippen LogP contribution in [-0.2, 0) is 9.59 Å². The van der Waals surface area contributed by atoms with Gasteiger partial charge in [-0.15, -0.1) is 0 Å². The first-order valence-electron chi connectivity index (χ1n) is 4.11. The van der Waals surface area contributed by atoms with Crippen LogP contribution in [0, 0.1) is 5.92 Å². The molecule has 76 valence electrons. The van der Waals surface area contributed by atoms with Gasteiger partial charge in [0.05, 0.1) is 6.42 Å². The summed E-state index contributed by atoms with van der Waals surface area (Å²) in [7, 11) is 0. The maximum absolute atomic E-state index is 10.5. The Morgan fingerprint density at radius 1 is 1.31 bits per heavy atom. The molecule has 3 N–H and O–H groups in total. The van der Waals surface area contributed by atoms with Crippen molar-refractivity contribution >= 4 is 11.9 Å². The zero-order valence-corrected chi connectivity index (χ0v) is 7.78. The van der Waals surface area contributed by atoms with Crippen molar-refractivity contribution in [1.29, 1.82) is 0 Å². The lowest BCUT2D eigenvalue weighted by atomic mass is 10.1. The number of hydrogen-bond donors (Lipinski definition) is 3. The van der Waals surface area contributed by atoms with E-state index in [1.54, 1.807) is 0 Å². The Balaban J connectivity index is 3.95. The molecule has 0 spiro atoms. The number of aliphatic carboxylic acids is 2. The summed E-state index contributed by atoms with van der Waals surface area (Å²) in [6.45, 7) is 4.35. The van der Waals surface area contributed by atoms with Crippen molar-refractivity contribution in [2.75, 3.05) is 6.54 Å². The Morgan fingerprint density at radius 3 is 2.15 bits per heavy atom. The molecule has 0 aliphatic heterocycles. The second kappa shape index (κ2) is 5.53. The van der Waals surface area contributed by atoms with Crippen LogP contribution in [0.25, 0.3) is 0 Å². The van der Waals surface area contributed by atoms with Gasteiger partial charge in [0.1, 0.15) is 6.04 Å². The maximum Gasteiger partial charge on any atom is 0.321 e. The molecule has 0 bridgehead atoms. The monoisotopic (exact) mass is 189 g/mol. The number of carboxylic acids is 2. The predicted molar refractivity (Wildman–Crippen MR) is 46.5 cm³/mol. The van der Waals surface area contributed by atoms with Gasteiger partial charge in [-0.1, -0.05) is 13.8 Å². The van der Waals surface area contributed by atoms with Gasteiger partial charge in [-0.25, -0.2) is 0 Å². The molecule has 0 aliphatic carbocycles. The standard InChI is InChI=1S/C8H15NO4/c1-5(2)4-9-6(8(12)13)3-7(10)11/h5-6,9H,3-4H2,1-2H3,(H,10,11)(H,12,13)/t6-/m0/s1. The number of carboxylic acid groups (broad SMARTS) is 2. The molecule has 0 aromatic rings. The van der Waals surface area contributed by atoms with Gasteiger partial charge in [-0.3, -0.25) is 9.59 Å². The number of hydrogen-bond acceptors (Lipinski definition) is 3. The van der Waals surface area contributed by atoms with E-state index in [1.807, 2.05) is 13.8 Å². The number of rotatable bonds is 6. The summed E-state index contributed by atoms with van der Waals surface area (Å²) in [6, 6.07) is -0.986. The van der Waals surface area contributed by atoms with Gasteiger partial charge < -0.3 is 15.5 Å². The number of nitrogens with one attached hydrogen (secondary N) is 1. The van der Waals surface area contributed by atoms with E-state index in [1.165, 1.54) is 0 Å². The first kappa shape index (κ1) is 11.9. The first-order valence-corrected chi connectivity index (χ1v) is 4.11. The lowest BCUT2D eigenvalue weighted by molar-refractivity contribution is -0.146. The topological polar surface area (TPSA) is 86.6 Å². The molecule has 0 fully saturated rings. The quantitative estimate of drug-likeness (QED) is 0.554. The second-order valence-electron chi connectivity index (χ2n) is 3.29. The number of carbonyl (C=O) groups is 2. The van der Waals surface area contributed by atoms with Gasteiger partial charge >= 0.3 is 11.9 Å². The van der Waals surface area contributed by atoms with Crippen LogP contribution in [0.15, 0.2) is 0 Å². The van der Waals surface area contributed by atoms with E-state index in [-0.39, 0.29) is 6.42 Å². The van der Waals surface area contributed by atoms with Crippen LogP contribution in [0.1, 0.15) is 20.3 Å². The van der Waals surface area contributed by atoms with Crippen LogP contribution in [0.5, 0.6) is 0 Å².